The lowest BCUT2D eigenvalue weighted by Gasteiger charge is -2.12. The molecule has 53 heavy (non-hydrogen) atoms. The molecule has 4 aromatic heterocycles. The lowest BCUT2D eigenvalue weighted by Crippen LogP contribution is -1.96. The van der Waals surface area contributed by atoms with Crippen molar-refractivity contribution in [3.05, 3.63) is 188 Å². The predicted octanol–water partition coefficient (Wildman–Crippen LogP) is 11.8. The van der Waals surface area contributed by atoms with Gasteiger partial charge in [0, 0.05) is 33.8 Å². The van der Waals surface area contributed by atoms with Crippen LogP contribution in [-0.2, 0) is 0 Å². The van der Waals surface area contributed by atoms with Crippen LogP contribution in [0.2, 0.25) is 0 Å². The molecule has 0 radical (unpaired) electrons. The van der Waals surface area contributed by atoms with E-state index in [1.165, 1.54) is 5.56 Å². The van der Waals surface area contributed by atoms with Crippen molar-refractivity contribution in [3.63, 3.8) is 0 Å². The second kappa shape index (κ2) is 12.8. The van der Waals surface area contributed by atoms with Gasteiger partial charge >= 0.3 is 0 Å². The molecule has 6 aromatic carbocycles. The van der Waals surface area contributed by atoms with E-state index in [1.807, 2.05) is 54.6 Å². The molecule has 0 spiro atoms. The van der Waals surface area contributed by atoms with Crippen molar-refractivity contribution in [1.29, 1.82) is 0 Å². The molecule has 10 aromatic rings. The van der Waals surface area contributed by atoms with E-state index in [0.29, 0.717) is 5.82 Å². The molecule has 0 atom stereocenters. The number of rotatable bonds is 6. The Morgan fingerprint density at radius 1 is 0.358 bits per heavy atom. The maximum absolute atomic E-state index is 5.20. The van der Waals surface area contributed by atoms with Gasteiger partial charge in [0.15, 0.2) is 5.82 Å². The molecule has 0 saturated heterocycles. The van der Waals surface area contributed by atoms with Crippen molar-refractivity contribution >= 4 is 27.6 Å². The molecule has 0 aliphatic rings. The number of hydrogen-bond acceptors (Lipinski definition) is 4. The summed E-state index contributed by atoms with van der Waals surface area (Å²) in [5, 5.41) is 1.05. The molecule has 4 heterocycles. The highest BCUT2D eigenvalue weighted by Gasteiger charge is 2.17. The van der Waals surface area contributed by atoms with E-state index in [1.54, 1.807) is 0 Å². The van der Waals surface area contributed by atoms with Gasteiger partial charge in [0.05, 0.1) is 28.1 Å². The fourth-order valence-corrected chi connectivity index (χ4v) is 7.18. The number of aromatic nitrogens is 5. The third-order valence-electron chi connectivity index (χ3n) is 9.82. The van der Waals surface area contributed by atoms with Crippen LogP contribution >= 0.6 is 0 Å². The van der Waals surface area contributed by atoms with E-state index in [2.05, 4.69) is 138 Å². The van der Waals surface area contributed by atoms with Crippen molar-refractivity contribution < 1.29 is 0 Å². The van der Waals surface area contributed by atoms with Crippen LogP contribution in [0.4, 0.5) is 0 Å². The Morgan fingerprint density at radius 3 is 1.70 bits per heavy atom. The summed E-state index contributed by atoms with van der Waals surface area (Å²) in [4.78, 5) is 20.4. The first-order valence-electron chi connectivity index (χ1n) is 17.7. The Kier molecular flexibility index (Phi) is 7.40. The van der Waals surface area contributed by atoms with E-state index >= 15 is 0 Å². The number of benzene rings is 6. The van der Waals surface area contributed by atoms with Crippen molar-refractivity contribution in [2.75, 3.05) is 0 Å². The number of hydrogen-bond donors (Lipinski definition) is 0. The summed E-state index contributed by atoms with van der Waals surface area (Å²) in [7, 11) is 0. The van der Waals surface area contributed by atoms with Crippen LogP contribution in [0.25, 0.3) is 95.0 Å². The maximum Gasteiger partial charge on any atom is 0.160 e. The second-order valence-corrected chi connectivity index (χ2v) is 13.1. The highest BCUT2D eigenvalue weighted by atomic mass is 15.0. The first-order chi connectivity index (χ1) is 26.2. The van der Waals surface area contributed by atoms with E-state index in [-0.39, 0.29) is 0 Å². The molecule has 5 nitrogen and oxygen atoms in total. The number of pyridine rings is 2. The molecule has 10 rings (SSSR count). The smallest absolute Gasteiger partial charge is 0.160 e. The van der Waals surface area contributed by atoms with Gasteiger partial charge in [0.2, 0.25) is 0 Å². The van der Waals surface area contributed by atoms with Crippen molar-refractivity contribution in [3.8, 4) is 67.4 Å². The van der Waals surface area contributed by atoms with Gasteiger partial charge in [0.25, 0.3) is 0 Å². The largest absolute Gasteiger partial charge is 0.298 e. The van der Waals surface area contributed by atoms with E-state index in [0.717, 1.165) is 83.6 Å². The summed E-state index contributed by atoms with van der Waals surface area (Å²) in [6.07, 6.45) is 2.06. The van der Waals surface area contributed by atoms with Crippen LogP contribution in [0.15, 0.2) is 188 Å². The normalized spacial score (nSPS) is 11.4. The standard InChI is InChI=1S/C48H31N5/c1-3-13-32(14-4-1)36-17-11-19-38(29-36)43-31-42(34-15-5-2-6-16-34)50-48(51-43)35-26-24-33(25-27-35)37-18-12-20-39(30-37)45-47-46(40-21-7-8-22-41(40)49-45)52-44-23-9-10-28-53(44)47/h1-31H. The minimum atomic E-state index is 0.683. The van der Waals surface area contributed by atoms with Crippen LogP contribution in [0, 0.1) is 0 Å². The Hall–Kier alpha value is -7.24. The van der Waals surface area contributed by atoms with Gasteiger partial charge in [-0.1, -0.05) is 146 Å². The zero-order valence-corrected chi connectivity index (χ0v) is 28.6. The SMILES string of the molecule is c1ccc(-c2cccc(-c3cc(-c4ccccc4)nc(-c4ccc(-c5cccc(-c6nc7ccccc7c7nc8ccccn8c67)c5)cc4)n3)c2)cc1. The van der Waals surface area contributed by atoms with Gasteiger partial charge < -0.3 is 0 Å². The van der Waals surface area contributed by atoms with Crippen molar-refractivity contribution in [2.45, 2.75) is 0 Å². The third kappa shape index (κ3) is 5.61. The Labute approximate surface area is 306 Å². The molecule has 0 aliphatic heterocycles. The number of fused-ring (bicyclic) bond motifs is 5. The molecule has 0 amide bonds. The quantitative estimate of drug-likeness (QED) is 0.176. The van der Waals surface area contributed by atoms with Crippen LogP contribution in [0.5, 0.6) is 0 Å². The highest BCUT2D eigenvalue weighted by Crippen LogP contribution is 2.36. The summed E-state index contributed by atoms with van der Waals surface area (Å²) < 4.78 is 2.14. The monoisotopic (exact) mass is 677 g/mol. The number of imidazole rings is 1. The first-order valence-corrected chi connectivity index (χ1v) is 17.7. The number of para-hydroxylation sites is 1. The zero-order chi connectivity index (χ0) is 35.1. The topological polar surface area (TPSA) is 56.0 Å². The summed E-state index contributed by atoms with van der Waals surface area (Å²) in [5.41, 5.74) is 15.1. The third-order valence-corrected chi connectivity index (χ3v) is 9.82. The molecule has 0 bridgehead atoms. The minimum absolute atomic E-state index is 0.683. The molecule has 0 aliphatic carbocycles. The van der Waals surface area contributed by atoms with Crippen LogP contribution in [0.3, 0.4) is 0 Å². The fourth-order valence-electron chi connectivity index (χ4n) is 7.18. The molecular formula is C48H31N5. The molecule has 0 saturated carbocycles. The highest BCUT2D eigenvalue weighted by molar-refractivity contribution is 6.09. The minimum Gasteiger partial charge on any atom is -0.298 e. The first kappa shape index (κ1) is 30.6. The summed E-state index contributed by atoms with van der Waals surface area (Å²) >= 11 is 0. The Balaban J connectivity index is 1.05. The van der Waals surface area contributed by atoms with E-state index in [4.69, 9.17) is 19.9 Å². The molecular weight excluding hydrogens is 647 g/mol. The fraction of sp³-hybridized carbons (Fsp3) is 0. The molecule has 0 fully saturated rings. The van der Waals surface area contributed by atoms with Gasteiger partial charge in [-0.3, -0.25) is 4.40 Å². The Bertz CT molecular complexity index is 2930. The van der Waals surface area contributed by atoms with Crippen molar-refractivity contribution in [1.82, 2.24) is 24.3 Å². The van der Waals surface area contributed by atoms with E-state index < -0.39 is 0 Å². The van der Waals surface area contributed by atoms with Gasteiger partial charge in [-0.05, 0) is 58.7 Å². The van der Waals surface area contributed by atoms with Gasteiger partial charge in [-0.2, -0.15) is 0 Å². The summed E-state index contributed by atoms with van der Waals surface area (Å²) in [6, 6.07) is 62.9. The van der Waals surface area contributed by atoms with Crippen molar-refractivity contribution in [2.24, 2.45) is 0 Å². The van der Waals surface area contributed by atoms with Crippen LogP contribution in [-0.4, -0.2) is 24.3 Å². The summed E-state index contributed by atoms with van der Waals surface area (Å²) in [5.74, 6) is 0.683. The lowest BCUT2D eigenvalue weighted by molar-refractivity contribution is 1.18. The van der Waals surface area contributed by atoms with E-state index in [9.17, 15) is 0 Å². The molecule has 0 N–H and O–H groups in total. The molecule has 248 valence electrons. The maximum atomic E-state index is 5.20. The Morgan fingerprint density at radius 2 is 0.925 bits per heavy atom. The number of nitrogens with zero attached hydrogens (tertiary/aromatic N) is 5. The second-order valence-electron chi connectivity index (χ2n) is 13.1. The van der Waals surface area contributed by atoms with Crippen LogP contribution < -0.4 is 0 Å². The predicted molar refractivity (Wildman–Crippen MR) is 216 cm³/mol. The average molecular weight is 678 g/mol. The van der Waals surface area contributed by atoms with Gasteiger partial charge in [-0.25, -0.2) is 19.9 Å². The average Bonchev–Trinajstić information content (AvgIpc) is 3.64. The van der Waals surface area contributed by atoms with Crippen LogP contribution in [0.1, 0.15) is 0 Å². The lowest BCUT2D eigenvalue weighted by atomic mass is 9.99. The van der Waals surface area contributed by atoms with Gasteiger partial charge in [0.1, 0.15) is 11.2 Å². The van der Waals surface area contributed by atoms with Gasteiger partial charge in [-0.15, -0.1) is 0 Å². The summed E-state index contributed by atoms with van der Waals surface area (Å²) in [6.45, 7) is 0. The zero-order valence-electron chi connectivity index (χ0n) is 28.6. The molecule has 5 heteroatoms. The molecule has 0 unspecified atom stereocenters.